The summed E-state index contributed by atoms with van der Waals surface area (Å²) in [6.07, 6.45) is 0. The van der Waals surface area contributed by atoms with Crippen molar-refractivity contribution >= 4 is 23.2 Å². The number of methoxy groups -OCH3 is 1. The Kier molecular flexibility index (Phi) is 4.43. The highest BCUT2D eigenvalue weighted by Crippen LogP contribution is 2.27. The molecule has 0 spiro atoms. The van der Waals surface area contributed by atoms with Crippen LogP contribution in [0.1, 0.15) is 27.6 Å². The number of rotatable bonds is 3. The average molecular weight is 306 g/mol. The predicted molar refractivity (Wildman–Crippen MR) is 82.2 cm³/mol. The summed E-state index contributed by atoms with van der Waals surface area (Å²) < 4.78 is 5.08. The molecule has 0 saturated carbocycles. The van der Waals surface area contributed by atoms with Crippen LogP contribution in [0.2, 0.25) is 5.02 Å². The molecule has 0 aliphatic carbocycles. The fourth-order valence-electron chi connectivity index (χ4n) is 2.15. The molecule has 0 saturated heterocycles. The number of hydrogen-bond acceptors (Lipinski definition) is 4. The first-order valence-corrected chi connectivity index (χ1v) is 6.77. The molecule has 2 aromatic rings. The van der Waals surface area contributed by atoms with Crippen molar-refractivity contribution in [2.75, 3.05) is 12.4 Å². The molecule has 21 heavy (non-hydrogen) atoms. The maximum atomic E-state index is 12.4. The van der Waals surface area contributed by atoms with Gasteiger partial charge in [0.05, 0.1) is 29.1 Å². The molecule has 6 heteroatoms. The van der Waals surface area contributed by atoms with Crippen LogP contribution in [-0.2, 0) is 0 Å². The van der Waals surface area contributed by atoms with Crippen molar-refractivity contribution in [2.45, 2.75) is 20.8 Å². The third kappa shape index (κ3) is 3.31. The minimum atomic E-state index is -0.258. The van der Waals surface area contributed by atoms with Gasteiger partial charge in [0.1, 0.15) is 11.6 Å². The van der Waals surface area contributed by atoms with E-state index in [0.29, 0.717) is 39.2 Å². The van der Waals surface area contributed by atoms with E-state index in [9.17, 15) is 4.79 Å². The summed E-state index contributed by atoms with van der Waals surface area (Å²) in [5.41, 5.74) is 2.37. The van der Waals surface area contributed by atoms with E-state index in [1.807, 2.05) is 0 Å². The highest BCUT2D eigenvalue weighted by molar-refractivity contribution is 6.32. The molecule has 0 aliphatic rings. The third-order valence-corrected chi connectivity index (χ3v) is 3.31. The lowest BCUT2D eigenvalue weighted by molar-refractivity contribution is 0.102. The number of aromatic nitrogens is 2. The molecule has 1 aromatic carbocycles. The fraction of sp³-hybridized carbons (Fsp3) is 0.267. The zero-order valence-electron chi connectivity index (χ0n) is 12.3. The van der Waals surface area contributed by atoms with Gasteiger partial charge in [-0.2, -0.15) is 0 Å². The molecule has 0 bridgehead atoms. The number of hydrogen-bond donors (Lipinski definition) is 1. The van der Waals surface area contributed by atoms with Crippen LogP contribution in [0.5, 0.6) is 5.75 Å². The Hall–Kier alpha value is -2.14. The van der Waals surface area contributed by atoms with Crippen LogP contribution >= 0.6 is 11.6 Å². The second kappa shape index (κ2) is 6.10. The minimum Gasteiger partial charge on any atom is -0.495 e. The van der Waals surface area contributed by atoms with Crippen molar-refractivity contribution < 1.29 is 9.53 Å². The number of ether oxygens (including phenoxy) is 1. The number of carbonyl (C=O) groups excluding carboxylic acids is 1. The van der Waals surface area contributed by atoms with E-state index in [-0.39, 0.29) is 5.91 Å². The smallest absolute Gasteiger partial charge is 0.259 e. The van der Waals surface area contributed by atoms with Crippen molar-refractivity contribution in [3.8, 4) is 5.75 Å². The topological polar surface area (TPSA) is 64.1 Å². The molecule has 1 amide bonds. The lowest BCUT2D eigenvalue weighted by Crippen LogP contribution is -2.17. The highest BCUT2D eigenvalue weighted by Gasteiger charge is 2.15. The Morgan fingerprint density at radius 1 is 1.19 bits per heavy atom. The summed E-state index contributed by atoms with van der Waals surface area (Å²) in [6, 6.07) is 5.06. The summed E-state index contributed by atoms with van der Waals surface area (Å²) in [6.45, 7) is 5.38. The first-order chi connectivity index (χ1) is 9.92. The lowest BCUT2D eigenvalue weighted by atomic mass is 10.1. The van der Waals surface area contributed by atoms with Crippen molar-refractivity contribution in [1.82, 2.24) is 9.97 Å². The summed E-state index contributed by atoms with van der Waals surface area (Å²) >= 11 is 6.04. The zero-order chi connectivity index (χ0) is 15.6. The van der Waals surface area contributed by atoms with Gasteiger partial charge in [-0.3, -0.25) is 4.79 Å². The first-order valence-electron chi connectivity index (χ1n) is 6.39. The highest BCUT2D eigenvalue weighted by atomic mass is 35.5. The molecule has 0 atom stereocenters. The Morgan fingerprint density at radius 2 is 1.81 bits per heavy atom. The summed E-state index contributed by atoms with van der Waals surface area (Å²) in [5, 5.41) is 3.23. The van der Waals surface area contributed by atoms with Crippen LogP contribution < -0.4 is 10.1 Å². The molecule has 1 aromatic heterocycles. The quantitative estimate of drug-likeness (QED) is 0.945. The van der Waals surface area contributed by atoms with Gasteiger partial charge >= 0.3 is 0 Å². The summed E-state index contributed by atoms with van der Waals surface area (Å²) in [5.74, 6) is 0.945. The fourth-order valence-corrected chi connectivity index (χ4v) is 2.41. The summed E-state index contributed by atoms with van der Waals surface area (Å²) in [4.78, 5) is 20.8. The molecule has 5 nitrogen and oxygen atoms in total. The first kappa shape index (κ1) is 15.3. The monoisotopic (exact) mass is 305 g/mol. The molecular formula is C15H16ClN3O2. The molecule has 0 fully saturated rings. The van der Waals surface area contributed by atoms with Gasteiger partial charge in [-0.15, -0.1) is 0 Å². The Morgan fingerprint density at radius 3 is 2.33 bits per heavy atom. The number of nitrogens with zero attached hydrogens (tertiary/aromatic N) is 2. The van der Waals surface area contributed by atoms with Crippen LogP contribution in [0, 0.1) is 20.8 Å². The molecular weight excluding hydrogens is 290 g/mol. The zero-order valence-corrected chi connectivity index (χ0v) is 13.1. The van der Waals surface area contributed by atoms with E-state index in [1.54, 1.807) is 39.0 Å². The second-order valence-corrected chi connectivity index (χ2v) is 5.03. The number of nitrogens with one attached hydrogen (secondary N) is 1. The van der Waals surface area contributed by atoms with Crippen LogP contribution in [0.15, 0.2) is 18.2 Å². The largest absolute Gasteiger partial charge is 0.495 e. The standard InChI is InChI=1S/C15H16ClN3O2/c1-8-14(9(2)18-10(3)17-8)15(20)19-11-5-6-13(21-4)12(16)7-11/h5-7H,1-4H3,(H,19,20). The maximum Gasteiger partial charge on any atom is 0.259 e. The van der Waals surface area contributed by atoms with Crippen LogP contribution in [0.3, 0.4) is 0 Å². The van der Waals surface area contributed by atoms with Crippen molar-refractivity contribution in [3.63, 3.8) is 0 Å². The van der Waals surface area contributed by atoms with Gasteiger partial charge in [0, 0.05) is 5.69 Å². The van der Waals surface area contributed by atoms with Gasteiger partial charge in [-0.05, 0) is 39.0 Å². The van der Waals surface area contributed by atoms with Crippen molar-refractivity contribution in [2.24, 2.45) is 0 Å². The van der Waals surface area contributed by atoms with E-state index in [1.165, 1.54) is 7.11 Å². The molecule has 1 heterocycles. The molecule has 2 rings (SSSR count). The van der Waals surface area contributed by atoms with Crippen molar-refractivity contribution in [3.05, 3.63) is 46.0 Å². The normalized spacial score (nSPS) is 10.3. The van der Waals surface area contributed by atoms with E-state index >= 15 is 0 Å². The Labute approximate surface area is 128 Å². The SMILES string of the molecule is COc1ccc(NC(=O)c2c(C)nc(C)nc2C)cc1Cl. The van der Waals surface area contributed by atoms with E-state index in [4.69, 9.17) is 16.3 Å². The number of amides is 1. The van der Waals surface area contributed by atoms with Crippen LogP contribution in [0.25, 0.3) is 0 Å². The van der Waals surface area contributed by atoms with Gasteiger partial charge in [0.15, 0.2) is 0 Å². The predicted octanol–water partition coefficient (Wildman–Crippen LogP) is 3.32. The number of aryl methyl sites for hydroxylation is 3. The van der Waals surface area contributed by atoms with Crippen LogP contribution in [0.4, 0.5) is 5.69 Å². The number of anilines is 1. The summed E-state index contributed by atoms with van der Waals surface area (Å²) in [7, 11) is 1.54. The Balaban J connectivity index is 2.28. The van der Waals surface area contributed by atoms with E-state index in [0.717, 1.165) is 0 Å². The molecule has 110 valence electrons. The molecule has 0 radical (unpaired) electrons. The van der Waals surface area contributed by atoms with Crippen molar-refractivity contribution in [1.29, 1.82) is 0 Å². The lowest BCUT2D eigenvalue weighted by Gasteiger charge is -2.11. The van der Waals surface area contributed by atoms with Gasteiger partial charge in [-0.1, -0.05) is 11.6 Å². The van der Waals surface area contributed by atoms with Gasteiger partial charge < -0.3 is 10.1 Å². The minimum absolute atomic E-state index is 0.258. The maximum absolute atomic E-state index is 12.4. The third-order valence-electron chi connectivity index (χ3n) is 3.02. The van der Waals surface area contributed by atoms with Gasteiger partial charge in [0.25, 0.3) is 5.91 Å². The van der Waals surface area contributed by atoms with E-state index in [2.05, 4.69) is 15.3 Å². The van der Waals surface area contributed by atoms with E-state index < -0.39 is 0 Å². The molecule has 0 unspecified atom stereocenters. The molecule has 1 N–H and O–H groups in total. The van der Waals surface area contributed by atoms with Crippen LogP contribution in [-0.4, -0.2) is 23.0 Å². The second-order valence-electron chi connectivity index (χ2n) is 4.62. The number of benzene rings is 1. The number of halogens is 1. The average Bonchev–Trinajstić information content (AvgIpc) is 2.37. The van der Waals surface area contributed by atoms with Gasteiger partial charge in [0.2, 0.25) is 0 Å². The number of carbonyl (C=O) groups is 1. The van der Waals surface area contributed by atoms with Gasteiger partial charge in [-0.25, -0.2) is 9.97 Å². The molecule has 0 aliphatic heterocycles. The Bertz CT molecular complexity index is 678.